The van der Waals surface area contributed by atoms with Crippen molar-refractivity contribution >= 4 is 23.3 Å². The summed E-state index contributed by atoms with van der Waals surface area (Å²) in [5, 5.41) is 0. The molecule has 1 aromatic heterocycles. The Balaban J connectivity index is 1.88. The highest BCUT2D eigenvalue weighted by molar-refractivity contribution is 6.00. The van der Waals surface area contributed by atoms with Gasteiger partial charge in [0.15, 0.2) is 5.69 Å². The van der Waals surface area contributed by atoms with Crippen LogP contribution in [0.1, 0.15) is 57.1 Å². The lowest BCUT2D eigenvalue weighted by atomic mass is 10.1. The molecule has 9 heteroatoms. The number of aromatic amines is 1. The van der Waals surface area contributed by atoms with Gasteiger partial charge in [0.1, 0.15) is 5.82 Å². The van der Waals surface area contributed by atoms with Crippen LogP contribution in [0, 0.1) is 12.8 Å². The summed E-state index contributed by atoms with van der Waals surface area (Å²) >= 11 is 0. The molecule has 2 amide bonds. The Hall–Kier alpha value is -3.36. The van der Waals surface area contributed by atoms with Crippen molar-refractivity contribution in [3.8, 4) is 0 Å². The van der Waals surface area contributed by atoms with Gasteiger partial charge in [-0.3, -0.25) is 23.9 Å². The summed E-state index contributed by atoms with van der Waals surface area (Å²) in [6, 6.07) is 7.94. The van der Waals surface area contributed by atoms with E-state index in [1.165, 1.54) is 9.47 Å². The van der Waals surface area contributed by atoms with Gasteiger partial charge in [-0.15, -0.1) is 0 Å². The minimum absolute atomic E-state index is 0.00131. The molecule has 0 saturated carbocycles. The van der Waals surface area contributed by atoms with Crippen molar-refractivity contribution in [2.75, 3.05) is 23.7 Å². The lowest BCUT2D eigenvalue weighted by Gasteiger charge is -2.27. The fourth-order valence-corrected chi connectivity index (χ4v) is 4.25. The summed E-state index contributed by atoms with van der Waals surface area (Å²) in [5.74, 6) is -0.993. The number of aryl methyl sites for hydroxylation is 1. The maximum absolute atomic E-state index is 13.6. The molecular formula is C25H35N5O4. The number of carbonyl (C=O) groups excluding carboxylic acids is 2. The number of amides is 2. The topological polar surface area (TPSA) is 121 Å². The molecule has 0 spiro atoms. The lowest BCUT2D eigenvalue weighted by molar-refractivity contribution is -0.128. The zero-order chi connectivity index (χ0) is 24.8. The summed E-state index contributed by atoms with van der Waals surface area (Å²) in [5.41, 5.74) is 7.15. The van der Waals surface area contributed by atoms with E-state index in [-0.39, 0.29) is 42.8 Å². The number of benzene rings is 1. The van der Waals surface area contributed by atoms with E-state index < -0.39 is 17.2 Å². The van der Waals surface area contributed by atoms with Crippen molar-refractivity contribution in [3.05, 3.63) is 56.2 Å². The SMILES string of the molecule is CCCCN(C(=O)[C@@H]1CC(=O)N(Cc2ccc(C)cc2)C1)c1c(N)n(CCCC)c(=O)[nH]c1=O. The average Bonchev–Trinajstić information content (AvgIpc) is 3.17. The molecule has 0 aliphatic carbocycles. The molecule has 2 aromatic rings. The second-order valence-electron chi connectivity index (χ2n) is 9.00. The van der Waals surface area contributed by atoms with E-state index in [4.69, 9.17) is 5.73 Å². The second-order valence-corrected chi connectivity index (χ2v) is 9.00. The molecule has 1 saturated heterocycles. The van der Waals surface area contributed by atoms with Crippen LogP contribution in [0.2, 0.25) is 0 Å². The molecule has 184 valence electrons. The molecule has 9 nitrogen and oxygen atoms in total. The number of hydrogen-bond acceptors (Lipinski definition) is 5. The number of nitrogens with zero attached hydrogens (tertiary/aromatic N) is 3. The van der Waals surface area contributed by atoms with Crippen LogP contribution in [0.25, 0.3) is 0 Å². The van der Waals surface area contributed by atoms with Crippen LogP contribution in [0.3, 0.4) is 0 Å². The minimum atomic E-state index is -0.680. The van der Waals surface area contributed by atoms with Crippen LogP contribution in [0.4, 0.5) is 11.5 Å². The lowest BCUT2D eigenvalue weighted by Crippen LogP contribution is -2.44. The van der Waals surface area contributed by atoms with Gasteiger partial charge in [0.05, 0.1) is 5.92 Å². The van der Waals surface area contributed by atoms with Crippen molar-refractivity contribution in [2.24, 2.45) is 5.92 Å². The first-order valence-corrected chi connectivity index (χ1v) is 12.0. The quantitative estimate of drug-likeness (QED) is 0.553. The van der Waals surface area contributed by atoms with E-state index in [0.717, 1.165) is 24.0 Å². The van der Waals surface area contributed by atoms with Crippen LogP contribution < -0.4 is 21.9 Å². The van der Waals surface area contributed by atoms with Gasteiger partial charge in [-0.2, -0.15) is 0 Å². The fraction of sp³-hybridized carbons (Fsp3) is 0.520. The van der Waals surface area contributed by atoms with Crippen LogP contribution in [-0.4, -0.2) is 39.4 Å². The Morgan fingerprint density at radius 3 is 2.44 bits per heavy atom. The summed E-state index contributed by atoms with van der Waals surface area (Å²) in [6.45, 7) is 7.34. The average molecular weight is 470 g/mol. The molecule has 2 heterocycles. The number of anilines is 2. The molecule has 34 heavy (non-hydrogen) atoms. The number of hydrogen-bond donors (Lipinski definition) is 2. The monoisotopic (exact) mass is 469 g/mol. The summed E-state index contributed by atoms with van der Waals surface area (Å²) < 4.78 is 1.32. The number of carbonyl (C=O) groups is 2. The molecule has 3 rings (SSSR count). The predicted octanol–water partition coefficient (Wildman–Crippen LogP) is 2.41. The normalized spacial score (nSPS) is 15.7. The van der Waals surface area contributed by atoms with Crippen molar-refractivity contribution in [2.45, 2.75) is 66.0 Å². The van der Waals surface area contributed by atoms with Gasteiger partial charge in [-0.05, 0) is 25.3 Å². The first kappa shape index (κ1) is 25.3. The van der Waals surface area contributed by atoms with E-state index in [1.54, 1.807) is 4.90 Å². The molecule has 1 fully saturated rings. The molecule has 1 aliphatic rings. The predicted molar refractivity (Wildman–Crippen MR) is 133 cm³/mol. The van der Waals surface area contributed by atoms with Crippen LogP contribution in [-0.2, 0) is 22.7 Å². The van der Waals surface area contributed by atoms with Crippen LogP contribution >= 0.6 is 0 Å². The maximum Gasteiger partial charge on any atom is 0.330 e. The van der Waals surface area contributed by atoms with E-state index >= 15 is 0 Å². The van der Waals surface area contributed by atoms with Gasteiger partial charge in [-0.25, -0.2) is 4.79 Å². The van der Waals surface area contributed by atoms with Gasteiger partial charge in [0.2, 0.25) is 11.8 Å². The Labute approximate surface area is 199 Å². The fourth-order valence-electron chi connectivity index (χ4n) is 4.25. The summed E-state index contributed by atoms with van der Waals surface area (Å²) in [7, 11) is 0. The van der Waals surface area contributed by atoms with Gasteiger partial charge in [0.25, 0.3) is 5.56 Å². The summed E-state index contributed by atoms with van der Waals surface area (Å²) in [4.78, 5) is 56.8. The molecular weight excluding hydrogens is 434 g/mol. The van der Waals surface area contributed by atoms with Crippen molar-refractivity contribution in [3.63, 3.8) is 0 Å². The zero-order valence-electron chi connectivity index (χ0n) is 20.3. The number of H-pyrrole nitrogens is 1. The minimum Gasteiger partial charge on any atom is -0.383 e. The van der Waals surface area contributed by atoms with Crippen LogP contribution in [0.5, 0.6) is 0 Å². The van der Waals surface area contributed by atoms with Crippen molar-refractivity contribution in [1.29, 1.82) is 0 Å². The van der Waals surface area contributed by atoms with E-state index in [0.29, 0.717) is 25.9 Å². The third kappa shape index (κ3) is 5.58. The number of likely N-dealkylation sites (tertiary alicyclic amines) is 1. The Kier molecular flexibility index (Phi) is 8.31. The molecule has 0 bridgehead atoms. The highest BCUT2D eigenvalue weighted by atomic mass is 16.2. The number of aromatic nitrogens is 2. The molecule has 0 radical (unpaired) electrons. The van der Waals surface area contributed by atoms with Gasteiger partial charge >= 0.3 is 5.69 Å². The highest BCUT2D eigenvalue weighted by Crippen LogP contribution is 2.26. The highest BCUT2D eigenvalue weighted by Gasteiger charge is 2.38. The number of nitrogens with two attached hydrogens (primary N) is 1. The number of nitrogen functional groups attached to an aromatic ring is 1. The first-order valence-electron chi connectivity index (χ1n) is 12.0. The standard InChI is InChI=1S/C25H35N5O4/c1-4-6-12-29(21-22(26)30(13-7-5-2)25(34)27-23(21)32)24(33)19-14-20(31)28(16-19)15-18-10-8-17(3)9-11-18/h8-11,19H,4-7,12-16,26H2,1-3H3,(H,27,32,34)/t19-/m1/s1. The Morgan fingerprint density at radius 2 is 1.79 bits per heavy atom. The van der Waals surface area contributed by atoms with Gasteiger partial charge in [-0.1, -0.05) is 56.5 Å². The largest absolute Gasteiger partial charge is 0.383 e. The second kappa shape index (κ2) is 11.2. The summed E-state index contributed by atoms with van der Waals surface area (Å²) in [6.07, 6.45) is 3.11. The van der Waals surface area contributed by atoms with Crippen molar-refractivity contribution in [1.82, 2.24) is 14.5 Å². The smallest absolute Gasteiger partial charge is 0.330 e. The molecule has 3 N–H and O–H groups in total. The number of rotatable bonds is 10. The maximum atomic E-state index is 13.6. The van der Waals surface area contributed by atoms with Crippen LogP contribution in [0.15, 0.2) is 33.9 Å². The van der Waals surface area contributed by atoms with E-state index in [2.05, 4.69) is 4.98 Å². The van der Waals surface area contributed by atoms with E-state index in [9.17, 15) is 19.2 Å². The molecule has 0 unspecified atom stereocenters. The van der Waals surface area contributed by atoms with Gasteiger partial charge < -0.3 is 15.5 Å². The third-order valence-electron chi connectivity index (χ3n) is 6.28. The Bertz CT molecular complexity index is 1140. The zero-order valence-corrected chi connectivity index (χ0v) is 20.3. The molecule has 1 atom stereocenters. The van der Waals surface area contributed by atoms with E-state index in [1.807, 2.05) is 45.0 Å². The number of unbranched alkanes of at least 4 members (excludes halogenated alkanes) is 2. The number of nitrogens with one attached hydrogen (secondary N) is 1. The Morgan fingerprint density at radius 1 is 1.12 bits per heavy atom. The third-order valence-corrected chi connectivity index (χ3v) is 6.28. The first-order chi connectivity index (χ1) is 16.3. The van der Waals surface area contributed by atoms with Crippen molar-refractivity contribution < 1.29 is 9.59 Å². The molecule has 1 aromatic carbocycles. The van der Waals surface area contributed by atoms with Gasteiger partial charge in [0, 0.05) is 32.6 Å². The molecule has 1 aliphatic heterocycles.